The second-order valence-electron chi connectivity index (χ2n) is 6.51. The summed E-state index contributed by atoms with van der Waals surface area (Å²) < 4.78 is 7.81. The highest BCUT2D eigenvalue weighted by Crippen LogP contribution is 2.35. The van der Waals surface area contributed by atoms with Gasteiger partial charge in [0.2, 0.25) is 0 Å². The molecule has 0 unspecified atom stereocenters. The van der Waals surface area contributed by atoms with Crippen molar-refractivity contribution in [2.24, 2.45) is 0 Å². The molecule has 0 aliphatic carbocycles. The monoisotopic (exact) mass is 383 g/mol. The first-order valence-corrected chi connectivity index (χ1v) is 9.90. The van der Waals surface area contributed by atoms with E-state index in [0.29, 0.717) is 25.7 Å². The van der Waals surface area contributed by atoms with Gasteiger partial charge in [0.1, 0.15) is 17.5 Å². The summed E-state index contributed by atoms with van der Waals surface area (Å²) in [5, 5.41) is 10.2. The number of aliphatic hydroxyl groups is 1. The van der Waals surface area contributed by atoms with E-state index in [0.717, 1.165) is 22.1 Å². The lowest BCUT2D eigenvalue weighted by molar-refractivity contribution is 0.0759. The topological polar surface area (TPSA) is 60.2 Å². The van der Waals surface area contributed by atoms with Crippen LogP contribution < -0.4 is 0 Å². The smallest absolute Gasteiger partial charge is 0.136 e. The van der Waals surface area contributed by atoms with Crippen molar-refractivity contribution in [3.05, 3.63) is 71.9 Å². The Labute approximate surface area is 164 Å². The minimum absolute atomic E-state index is 0.00766. The molecule has 2 heterocycles. The van der Waals surface area contributed by atoms with Crippen molar-refractivity contribution in [1.29, 1.82) is 0 Å². The summed E-state index contributed by atoms with van der Waals surface area (Å²) in [7, 11) is 0. The van der Waals surface area contributed by atoms with E-state index in [9.17, 15) is 0 Å². The Morgan fingerprint density at radius 1 is 1.11 bits per heavy atom. The first kappa shape index (κ1) is 19.6. The summed E-state index contributed by atoms with van der Waals surface area (Å²) in [5.74, 6) is 1.17. The number of aromatic nitrogens is 3. The molecule has 0 spiro atoms. The zero-order valence-electron chi connectivity index (χ0n) is 15.7. The molecule has 0 bridgehead atoms. The van der Waals surface area contributed by atoms with Gasteiger partial charge in [0.05, 0.1) is 25.5 Å². The summed E-state index contributed by atoms with van der Waals surface area (Å²) in [5.41, 5.74) is 2.23. The molecule has 0 aliphatic heterocycles. The summed E-state index contributed by atoms with van der Waals surface area (Å²) in [6.45, 7) is 5.71. The van der Waals surface area contributed by atoms with Crippen LogP contribution >= 0.6 is 11.8 Å². The molecule has 0 atom stereocenters. The summed E-state index contributed by atoms with van der Waals surface area (Å²) in [6.07, 6.45) is 3.61. The van der Waals surface area contributed by atoms with E-state index in [4.69, 9.17) is 14.8 Å². The minimum atomic E-state index is 0.00766. The Balaban J connectivity index is 2.00. The maximum atomic E-state index is 9.03. The first-order valence-electron chi connectivity index (χ1n) is 9.08. The molecule has 0 radical (unpaired) electrons. The van der Waals surface area contributed by atoms with E-state index in [1.807, 2.05) is 42.7 Å². The van der Waals surface area contributed by atoms with Gasteiger partial charge in [0.15, 0.2) is 0 Å². The van der Waals surface area contributed by atoms with E-state index in [1.165, 1.54) is 4.90 Å². The number of rotatable bonds is 9. The standard InChI is InChI=1S/C21H25N3O2S/c1-16(2)20-21(27-18-6-4-3-5-7-18)24(14-17-8-10-22-11-9-17)19(23-20)15-26-13-12-25/h3-11,16,25H,12-15H2,1-2H3. The third-order valence-corrected chi connectivity index (χ3v) is 5.22. The second-order valence-corrected chi connectivity index (χ2v) is 7.57. The molecule has 0 saturated carbocycles. The van der Waals surface area contributed by atoms with Crippen molar-refractivity contribution in [1.82, 2.24) is 14.5 Å². The molecule has 5 nitrogen and oxygen atoms in total. The second kappa shape index (κ2) is 9.69. The molecule has 6 heteroatoms. The SMILES string of the molecule is CC(C)c1nc(COCCO)n(Cc2ccncc2)c1Sc1ccccc1. The van der Waals surface area contributed by atoms with Crippen molar-refractivity contribution < 1.29 is 9.84 Å². The van der Waals surface area contributed by atoms with Crippen molar-refractivity contribution in [2.75, 3.05) is 13.2 Å². The fraction of sp³-hybridized carbons (Fsp3) is 0.333. The number of imidazole rings is 1. The zero-order chi connectivity index (χ0) is 19.1. The van der Waals surface area contributed by atoms with Gasteiger partial charge >= 0.3 is 0 Å². The predicted octanol–water partition coefficient (Wildman–Crippen LogP) is 4.11. The maximum Gasteiger partial charge on any atom is 0.136 e. The lowest BCUT2D eigenvalue weighted by Crippen LogP contribution is -2.09. The average Bonchev–Trinajstić information content (AvgIpc) is 3.01. The normalized spacial score (nSPS) is 11.3. The Hall–Kier alpha value is -2.15. The van der Waals surface area contributed by atoms with Gasteiger partial charge in [0.25, 0.3) is 0 Å². The molecular formula is C21H25N3O2S. The van der Waals surface area contributed by atoms with Crippen LogP contribution in [-0.4, -0.2) is 32.9 Å². The molecule has 0 aliphatic rings. The van der Waals surface area contributed by atoms with Crippen LogP contribution in [0.15, 0.2) is 64.8 Å². The third-order valence-electron chi connectivity index (χ3n) is 4.09. The molecule has 0 saturated heterocycles. The lowest BCUT2D eigenvalue weighted by atomic mass is 10.1. The Morgan fingerprint density at radius 3 is 2.52 bits per heavy atom. The number of aliphatic hydroxyl groups excluding tert-OH is 1. The van der Waals surface area contributed by atoms with Crippen molar-refractivity contribution in [3.63, 3.8) is 0 Å². The molecule has 142 valence electrons. The van der Waals surface area contributed by atoms with Crippen LogP contribution in [0.5, 0.6) is 0 Å². The van der Waals surface area contributed by atoms with Crippen molar-refractivity contribution >= 4 is 11.8 Å². The van der Waals surface area contributed by atoms with Gasteiger partial charge in [-0.15, -0.1) is 0 Å². The first-order chi connectivity index (χ1) is 13.2. The van der Waals surface area contributed by atoms with Gasteiger partial charge in [-0.3, -0.25) is 4.98 Å². The van der Waals surface area contributed by atoms with Crippen molar-refractivity contribution in [3.8, 4) is 0 Å². The van der Waals surface area contributed by atoms with Crippen molar-refractivity contribution in [2.45, 2.75) is 42.8 Å². The number of ether oxygens (including phenoxy) is 1. The fourth-order valence-electron chi connectivity index (χ4n) is 2.76. The van der Waals surface area contributed by atoms with Gasteiger partial charge in [0, 0.05) is 17.3 Å². The Kier molecular flexibility index (Phi) is 7.04. The van der Waals surface area contributed by atoms with Gasteiger partial charge < -0.3 is 14.4 Å². The van der Waals surface area contributed by atoms with Crippen LogP contribution in [0.1, 0.15) is 36.8 Å². The zero-order valence-corrected chi connectivity index (χ0v) is 16.5. The lowest BCUT2D eigenvalue weighted by Gasteiger charge is -2.13. The highest BCUT2D eigenvalue weighted by Gasteiger charge is 2.20. The van der Waals surface area contributed by atoms with Gasteiger partial charge in [-0.05, 0) is 35.7 Å². The van der Waals surface area contributed by atoms with E-state index in [1.54, 1.807) is 11.8 Å². The molecule has 3 aromatic rings. The van der Waals surface area contributed by atoms with Crippen LogP contribution in [0.25, 0.3) is 0 Å². The molecule has 27 heavy (non-hydrogen) atoms. The Bertz CT molecular complexity index is 835. The van der Waals surface area contributed by atoms with Crippen LogP contribution in [-0.2, 0) is 17.9 Å². The average molecular weight is 384 g/mol. The largest absolute Gasteiger partial charge is 0.394 e. The molecule has 0 amide bonds. The fourth-order valence-corrected chi connectivity index (χ4v) is 3.94. The highest BCUT2D eigenvalue weighted by atomic mass is 32.2. The number of hydrogen-bond acceptors (Lipinski definition) is 5. The third kappa shape index (κ3) is 5.19. The number of nitrogens with zero attached hydrogens (tertiary/aromatic N) is 3. The molecule has 1 aromatic carbocycles. The van der Waals surface area contributed by atoms with E-state index < -0.39 is 0 Å². The van der Waals surface area contributed by atoms with Gasteiger partial charge in [-0.2, -0.15) is 0 Å². The maximum absolute atomic E-state index is 9.03. The molecule has 2 aromatic heterocycles. The molecule has 0 fully saturated rings. The number of hydrogen-bond donors (Lipinski definition) is 1. The molecule has 3 rings (SSSR count). The summed E-state index contributed by atoms with van der Waals surface area (Å²) in [4.78, 5) is 10.2. The van der Waals surface area contributed by atoms with Crippen LogP contribution in [0.2, 0.25) is 0 Å². The molecular weight excluding hydrogens is 358 g/mol. The predicted molar refractivity (Wildman–Crippen MR) is 107 cm³/mol. The number of benzene rings is 1. The van der Waals surface area contributed by atoms with E-state index in [2.05, 4.69) is 35.5 Å². The van der Waals surface area contributed by atoms with Gasteiger partial charge in [-0.1, -0.05) is 43.8 Å². The highest BCUT2D eigenvalue weighted by molar-refractivity contribution is 7.99. The van der Waals surface area contributed by atoms with Crippen LogP contribution in [0, 0.1) is 0 Å². The number of pyridine rings is 1. The van der Waals surface area contributed by atoms with Crippen LogP contribution in [0.4, 0.5) is 0 Å². The Morgan fingerprint density at radius 2 is 1.85 bits per heavy atom. The summed E-state index contributed by atoms with van der Waals surface area (Å²) >= 11 is 1.73. The van der Waals surface area contributed by atoms with E-state index >= 15 is 0 Å². The van der Waals surface area contributed by atoms with E-state index in [-0.39, 0.29) is 6.61 Å². The minimum Gasteiger partial charge on any atom is -0.394 e. The molecule has 1 N–H and O–H groups in total. The van der Waals surface area contributed by atoms with Crippen LogP contribution in [0.3, 0.4) is 0 Å². The summed E-state index contributed by atoms with van der Waals surface area (Å²) in [6, 6.07) is 14.4. The quantitative estimate of drug-likeness (QED) is 0.564. The van der Waals surface area contributed by atoms with Gasteiger partial charge in [-0.25, -0.2) is 4.98 Å².